The van der Waals surface area contributed by atoms with Gasteiger partial charge in [0.25, 0.3) is 11.8 Å². The number of amides is 2. The Labute approximate surface area is 255 Å². The van der Waals surface area contributed by atoms with Crippen LogP contribution in [0.2, 0.25) is 0 Å². The van der Waals surface area contributed by atoms with Crippen LogP contribution in [0.3, 0.4) is 0 Å². The summed E-state index contributed by atoms with van der Waals surface area (Å²) < 4.78 is 7.84. The van der Waals surface area contributed by atoms with Gasteiger partial charge in [-0.25, -0.2) is 0 Å². The third-order valence-corrected chi connectivity index (χ3v) is 8.21. The predicted molar refractivity (Wildman–Crippen MR) is 172 cm³/mol. The van der Waals surface area contributed by atoms with Crippen molar-refractivity contribution in [2.24, 2.45) is 0 Å². The van der Waals surface area contributed by atoms with Crippen molar-refractivity contribution in [2.45, 2.75) is 19.6 Å². The third-order valence-electron chi connectivity index (χ3n) is 8.21. The van der Waals surface area contributed by atoms with Gasteiger partial charge in [0.2, 0.25) is 0 Å². The summed E-state index contributed by atoms with van der Waals surface area (Å²) in [6.45, 7) is 1.20. The van der Waals surface area contributed by atoms with Crippen molar-refractivity contribution in [3.05, 3.63) is 150 Å². The molecule has 4 aromatic carbocycles. The molecule has 3 heterocycles. The number of benzene rings is 4. The van der Waals surface area contributed by atoms with E-state index >= 15 is 0 Å². The first-order valence-corrected chi connectivity index (χ1v) is 14.5. The fraction of sp³-hybridized carbons (Fsp3) is 0.108. The number of carbonyl (C=O) groups excluding carboxylic acids is 2. The number of para-hydroxylation sites is 1. The highest BCUT2D eigenvalue weighted by Crippen LogP contribution is 2.37. The lowest BCUT2D eigenvalue weighted by atomic mass is 9.96. The molecule has 0 aliphatic carbocycles. The number of hydrogen-bond acceptors (Lipinski definition) is 4. The molecule has 0 radical (unpaired) electrons. The molecule has 0 fully saturated rings. The van der Waals surface area contributed by atoms with Gasteiger partial charge in [-0.3, -0.25) is 14.6 Å². The lowest BCUT2D eigenvalue weighted by Gasteiger charge is -2.23. The molecule has 6 aromatic rings. The summed E-state index contributed by atoms with van der Waals surface area (Å²) >= 11 is 0. The first-order chi connectivity index (χ1) is 21.6. The maximum atomic E-state index is 14.2. The number of carbonyl (C=O) groups is 2. The second-order valence-corrected chi connectivity index (χ2v) is 10.8. The van der Waals surface area contributed by atoms with Crippen LogP contribution in [0.5, 0.6) is 5.75 Å². The summed E-state index contributed by atoms with van der Waals surface area (Å²) in [7, 11) is 1.63. The van der Waals surface area contributed by atoms with Crippen molar-refractivity contribution in [1.29, 1.82) is 0 Å². The molecule has 7 rings (SSSR count). The summed E-state index contributed by atoms with van der Waals surface area (Å²) in [6, 6.07) is 35.5. The minimum atomic E-state index is -0.168. The molecule has 7 heteroatoms. The van der Waals surface area contributed by atoms with Gasteiger partial charge in [0.1, 0.15) is 11.4 Å². The van der Waals surface area contributed by atoms with Crippen LogP contribution < -0.4 is 15.0 Å². The topological polar surface area (TPSA) is 76.5 Å². The van der Waals surface area contributed by atoms with E-state index in [-0.39, 0.29) is 11.8 Å². The smallest absolute Gasteiger partial charge is 0.268 e. The molecule has 2 aromatic heterocycles. The Balaban J connectivity index is 1.21. The maximum Gasteiger partial charge on any atom is 0.268 e. The molecular weight excluding hydrogens is 548 g/mol. The number of ether oxygens (including phenoxy) is 1. The summed E-state index contributed by atoms with van der Waals surface area (Å²) in [5.41, 5.74) is 6.68. The molecule has 44 heavy (non-hydrogen) atoms. The fourth-order valence-corrected chi connectivity index (χ4v) is 5.98. The molecule has 0 unspecified atom stereocenters. The normalized spacial score (nSPS) is 12.2. The number of methoxy groups -OCH3 is 1. The number of anilines is 1. The lowest BCUT2D eigenvalue weighted by molar-refractivity contribution is 0.0941. The molecule has 2 amide bonds. The Hall–Kier alpha value is -5.69. The summed E-state index contributed by atoms with van der Waals surface area (Å²) in [5.74, 6) is 0.324. The lowest BCUT2D eigenvalue weighted by Crippen LogP contribution is -2.30. The largest absolute Gasteiger partial charge is 0.496 e. The zero-order chi connectivity index (χ0) is 30.0. The minimum Gasteiger partial charge on any atom is -0.496 e. The van der Waals surface area contributed by atoms with E-state index < -0.39 is 0 Å². The zero-order valence-corrected chi connectivity index (χ0v) is 24.2. The third kappa shape index (κ3) is 4.98. The Morgan fingerprint density at radius 3 is 2.48 bits per heavy atom. The highest BCUT2D eigenvalue weighted by atomic mass is 16.5. The standard InChI is InChI=1S/C37H30N4O3/c1-44-35-21-27(13-15-32(35)31-11-6-9-26-7-2-4-10-30(26)31)37(43)41-24-29-14-16-34(36(42)39-22-25-17-19-38-20-18-25)40(29)23-28-8-3-5-12-33(28)41/h2-21H,22-24H2,1H3,(H,39,42). The summed E-state index contributed by atoms with van der Waals surface area (Å²) in [4.78, 5) is 33.3. The van der Waals surface area contributed by atoms with Crippen LogP contribution in [-0.2, 0) is 19.6 Å². The Bertz CT molecular complexity index is 2010. The van der Waals surface area contributed by atoms with Crippen LogP contribution in [0.4, 0.5) is 5.69 Å². The van der Waals surface area contributed by atoms with E-state index in [1.165, 1.54) is 0 Å². The van der Waals surface area contributed by atoms with Crippen LogP contribution in [0.1, 0.15) is 37.7 Å². The molecule has 0 saturated carbocycles. The number of nitrogens with zero attached hydrogens (tertiary/aromatic N) is 3. The average molecular weight is 579 g/mol. The van der Waals surface area contributed by atoms with E-state index in [0.29, 0.717) is 36.6 Å². The van der Waals surface area contributed by atoms with E-state index in [0.717, 1.165) is 44.4 Å². The zero-order valence-electron chi connectivity index (χ0n) is 24.2. The first kappa shape index (κ1) is 27.2. The summed E-state index contributed by atoms with van der Waals surface area (Å²) in [5, 5.41) is 5.28. The molecule has 0 saturated heterocycles. The van der Waals surface area contributed by atoms with Gasteiger partial charge < -0.3 is 19.5 Å². The number of hydrogen-bond donors (Lipinski definition) is 1. The van der Waals surface area contributed by atoms with E-state index in [4.69, 9.17) is 4.74 Å². The van der Waals surface area contributed by atoms with Crippen molar-refractivity contribution >= 4 is 28.3 Å². The number of nitrogens with one attached hydrogen (secondary N) is 1. The fourth-order valence-electron chi connectivity index (χ4n) is 5.98. The van der Waals surface area contributed by atoms with E-state index in [9.17, 15) is 9.59 Å². The van der Waals surface area contributed by atoms with Gasteiger partial charge >= 0.3 is 0 Å². The quantitative estimate of drug-likeness (QED) is 0.235. The average Bonchev–Trinajstić information content (AvgIpc) is 3.39. The molecule has 216 valence electrons. The Morgan fingerprint density at radius 1 is 0.818 bits per heavy atom. The molecule has 1 aliphatic rings. The van der Waals surface area contributed by atoms with E-state index in [1.807, 2.05) is 89.5 Å². The predicted octanol–water partition coefficient (Wildman–Crippen LogP) is 6.85. The second-order valence-electron chi connectivity index (χ2n) is 10.8. The second kappa shape index (κ2) is 11.5. The van der Waals surface area contributed by atoms with Crippen LogP contribution in [0, 0.1) is 0 Å². The number of rotatable bonds is 6. The van der Waals surface area contributed by atoms with Crippen LogP contribution in [-0.4, -0.2) is 28.5 Å². The van der Waals surface area contributed by atoms with Crippen molar-refractivity contribution in [1.82, 2.24) is 14.9 Å². The van der Waals surface area contributed by atoms with Crippen molar-refractivity contribution in [2.75, 3.05) is 12.0 Å². The maximum absolute atomic E-state index is 14.2. The van der Waals surface area contributed by atoms with Crippen molar-refractivity contribution in [3.63, 3.8) is 0 Å². The minimum absolute atomic E-state index is 0.140. The van der Waals surface area contributed by atoms with Gasteiger partial charge in [-0.2, -0.15) is 0 Å². The van der Waals surface area contributed by atoms with Gasteiger partial charge in [0, 0.05) is 41.4 Å². The first-order valence-electron chi connectivity index (χ1n) is 14.5. The molecule has 0 bridgehead atoms. The number of fused-ring (bicyclic) bond motifs is 3. The molecule has 7 nitrogen and oxygen atoms in total. The van der Waals surface area contributed by atoms with Gasteiger partial charge in [-0.05, 0) is 76.0 Å². The van der Waals surface area contributed by atoms with Crippen molar-refractivity contribution in [3.8, 4) is 16.9 Å². The summed E-state index contributed by atoms with van der Waals surface area (Å²) in [6.07, 6.45) is 3.42. The monoisotopic (exact) mass is 578 g/mol. The van der Waals surface area contributed by atoms with Crippen molar-refractivity contribution < 1.29 is 14.3 Å². The molecular formula is C37H30N4O3. The van der Waals surface area contributed by atoms with Gasteiger partial charge in [-0.1, -0.05) is 60.7 Å². The van der Waals surface area contributed by atoms with Crippen LogP contribution in [0.25, 0.3) is 21.9 Å². The van der Waals surface area contributed by atoms with Crippen LogP contribution >= 0.6 is 0 Å². The molecule has 0 atom stereocenters. The molecule has 1 N–H and O–H groups in total. The number of aromatic nitrogens is 2. The van der Waals surface area contributed by atoms with Crippen LogP contribution in [0.15, 0.2) is 122 Å². The van der Waals surface area contributed by atoms with E-state index in [2.05, 4.69) is 34.6 Å². The Kier molecular flexibility index (Phi) is 7.12. The van der Waals surface area contributed by atoms with Gasteiger partial charge in [0.15, 0.2) is 0 Å². The van der Waals surface area contributed by atoms with Gasteiger partial charge in [0.05, 0.1) is 20.2 Å². The Morgan fingerprint density at radius 2 is 1.61 bits per heavy atom. The highest BCUT2D eigenvalue weighted by molar-refractivity contribution is 6.08. The molecule has 1 aliphatic heterocycles. The number of pyridine rings is 1. The highest BCUT2D eigenvalue weighted by Gasteiger charge is 2.28. The van der Waals surface area contributed by atoms with Gasteiger partial charge in [-0.15, -0.1) is 0 Å². The molecule has 0 spiro atoms. The SMILES string of the molecule is COc1cc(C(=O)N2Cc3ccc(C(=O)NCc4ccncc4)n3Cc3ccccc32)ccc1-c1cccc2ccccc12. The van der Waals surface area contributed by atoms with E-state index in [1.54, 1.807) is 24.4 Å².